The predicted molar refractivity (Wildman–Crippen MR) is 97.8 cm³/mol. The van der Waals surface area contributed by atoms with Gasteiger partial charge in [0.2, 0.25) is 0 Å². The molecule has 130 valence electrons. The number of hydrogen-bond donors (Lipinski definition) is 4. The molecule has 4 N–H and O–H groups in total. The van der Waals surface area contributed by atoms with Gasteiger partial charge < -0.3 is 20.2 Å². The van der Waals surface area contributed by atoms with E-state index in [9.17, 15) is 19.8 Å². The zero-order chi connectivity index (χ0) is 18.3. The van der Waals surface area contributed by atoms with Gasteiger partial charge in [0.15, 0.2) is 10.3 Å². The average molecular weight is 386 g/mol. The van der Waals surface area contributed by atoms with E-state index in [1.54, 1.807) is 24.3 Å². The molecule has 2 aromatic carbocycles. The van der Waals surface area contributed by atoms with Crippen LogP contribution in [0.2, 0.25) is 0 Å². The normalized spacial score (nSPS) is 11.2. The van der Waals surface area contributed by atoms with Crippen molar-refractivity contribution in [3.05, 3.63) is 47.5 Å². The lowest BCUT2D eigenvalue weighted by Gasteiger charge is -1.93. The number of para-hydroxylation sites is 2. The molecule has 2 aromatic heterocycles. The number of nitrogens with one attached hydrogen (secondary N) is 2. The summed E-state index contributed by atoms with van der Waals surface area (Å²) in [7, 11) is 2.53. The molecule has 0 unspecified atom stereocenters. The largest absolute Gasteiger partial charge is 0.478 e. The Hall–Kier alpha value is -2.98. The van der Waals surface area contributed by atoms with Gasteiger partial charge in [0.05, 0.1) is 22.2 Å². The van der Waals surface area contributed by atoms with Crippen LogP contribution in [0.25, 0.3) is 22.1 Å². The smallest absolute Gasteiger partial charge is 0.337 e. The number of rotatable bonds is 5. The summed E-state index contributed by atoms with van der Waals surface area (Å²) in [5.74, 6) is -2.07. The third kappa shape index (κ3) is 2.89. The monoisotopic (exact) mass is 386 g/mol. The molecule has 0 fully saturated rings. The van der Waals surface area contributed by atoms with Gasteiger partial charge in [-0.3, -0.25) is 0 Å². The molecule has 0 atom stereocenters. The Morgan fingerprint density at radius 2 is 1.19 bits per heavy atom. The van der Waals surface area contributed by atoms with Gasteiger partial charge in [0.25, 0.3) is 0 Å². The molecule has 8 nitrogen and oxygen atoms in total. The van der Waals surface area contributed by atoms with E-state index in [-0.39, 0.29) is 11.1 Å². The average Bonchev–Trinajstić information content (AvgIpc) is 3.21. The first-order valence-corrected chi connectivity index (χ1v) is 9.46. The highest BCUT2D eigenvalue weighted by molar-refractivity contribution is 8.76. The fourth-order valence-corrected chi connectivity index (χ4v) is 4.19. The maximum Gasteiger partial charge on any atom is 0.337 e. The van der Waals surface area contributed by atoms with Crippen LogP contribution in [0.3, 0.4) is 0 Å². The highest BCUT2D eigenvalue weighted by Gasteiger charge is 2.15. The second-order valence-corrected chi connectivity index (χ2v) is 7.37. The second-order valence-electron chi connectivity index (χ2n) is 5.26. The van der Waals surface area contributed by atoms with E-state index in [0.29, 0.717) is 32.4 Å². The summed E-state index contributed by atoms with van der Waals surface area (Å²) >= 11 is 0. The Morgan fingerprint density at radius 1 is 0.769 bits per heavy atom. The number of carboxylic acids is 2. The molecular weight excluding hydrogens is 376 g/mol. The van der Waals surface area contributed by atoms with Crippen LogP contribution in [-0.4, -0.2) is 42.1 Å². The van der Waals surface area contributed by atoms with Gasteiger partial charge in [-0.2, -0.15) is 0 Å². The number of fused-ring (bicyclic) bond motifs is 2. The Kier molecular flexibility index (Phi) is 4.05. The molecule has 2 heterocycles. The number of aromatic nitrogens is 4. The molecule has 0 amide bonds. The fraction of sp³-hybridized carbons (Fsp3) is 0. The summed E-state index contributed by atoms with van der Waals surface area (Å²) in [4.78, 5) is 37.3. The molecule has 0 spiro atoms. The van der Waals surface area contributed by atoms with Gasteiger partial charge in [-0.1, -0.05) is 12.1 Å². The van der Waals surface area contributed by atoms with E-state index < -0.39 is 11.9 Å². The first kappa shape index (κ1) is 16.5. The molecule has 4 rings (SSSR count). The van der Waals surface area contributed by atoms with Crippen LogP contribution in [0.5, 0.6) is 0 Å². The van der Waals surface area contributed by atoms with E-state index in [0.717, 1.165) is 0 Å². The molecule has 10 heteroatoms. The van der Waals surface area contributed by atoms with Gasteiger partial charge in [-0.15, -0.1) is 0 Å². The van der Waals surface area contributed by atoms with E-state index in [1.165, 1.54) is 33.7 Å². The SMILES string of the molecule is O=C(O)c1cccc2[nH]c(SSc3nc4c(C(=O)O)cccc4[nH]3)nc12. The standard InChI is InChI=1S/C16H10N4O4S2/c21-13(22)7-3-1-5-9-11(7)19-15(17-9)25-26-16-18-10-6-2-4-8(14(23)24)12(10)20-16/h1-6H,(H,17,19)(H,18,20)(H,21,22)(H,23,24). The molecule has 0 aliphatic heterocycles. The summed E-state index contributed by atoms with van der Waals surface area (Å²) < 4.78 is 0. The van der Waals surface area contributed by atoms with E-state index in [2.05, 4.69) is 19.9 Å². The fourth-order valence-electron chi connectivity index (χ4n) is 2.52. The lowest BCUT2D eigenvalue weighted by Crippen LogP contribution is -1.96. The third-order valence-electron chi connectivity index (χ3n) is 3.64. The number of carbonyl (C=O) groups is 2. The van der Waals surface area contributed by atoms with Crippen LogP contribution in [0, 0.1) is 0 Å². The van der Waals surface area contributed by atoms with Gasteiger partial charge in [-0.05, 0) is 45.9 Å². The van der Waals surface area contributed by atoms with E-state index in [1.807, 2.05) is 0 Å². The van der Waals surface area contributed by atoms with Gasteiger partial charge >= 0.3 is 11.9 Å². The van der Waals surface area contributed by atoms with Crippen LogP contribution < -0.4 is 0 Å². The Balaban J connectivity index is 1.61. The molecule has 4 aromatic rings. The minimum absolute atomic E-state index is 0.130. The number of benzene rings is 2. The van der Waals surface area contributed by atoms with Crippen molar-refractivity contribution in [2.75, 3.05) is 0 Å². The second kappa shape index (κ2) is 6.39. The van der Waals surface area contributed by atoms with E-state index in [4.69, 9.17) is 0 Å². The lowest BCUT2D eigenvalue weighted by atomic mass is 10.2. The van der Waals surface area contributed by atoms with Crippen LogP contribution in [-0.2, 0) is 0 Å². The van der Waals surface area contributed by atoms with Crippen molar-refractivity contribution < 1.29 is 19.8 Å². The quantitative estimate of drug-likeness (QED) is 0.382. The molecule has 0 saturated heterocycles. The zero-order valence-electron chi connectivity index (χ0n) is 12.9. The van der Waals surface area contributed by atoms with Crippen LogP contribution in [0.15, 0.2) is 46.7 Å². The minimum Gasteiger partial charge on any atom is -0.478 e. The highest BCUT2D eigenvalue weighted by Crippen LogP contribution is 2.36. The zero-order valence-corrected chi connectivity index (χ0v) is 14.5. The third-order valence-corrected chi connectivity index (χ3v) is 5.63. The lowest BCUT2D eigenvalue weighted by molar-refractivity contribution is 0.0688. The minimum atomic E-state index is -1.04. The Bertz CT molecular complexity index is 1080. The Morgan fingerprint density at radius 3 is 1.58 bits per heavy atom. The van der Waals surface area contributed by atoms with Crippen molar-refractivity contribution in [3.8, 4) is 0 Å². The topological polar surface area (TPSA) is 132 Å². The van der Waals surface area contributed by atoms with Crippen molar-refractivity contribution in [1.82, 2.24) is 19.9 Å². The predicted octanol–water partition coefficient (Wildman–Crippen LogP) is 3.64. The number of aromatic amines is 2. The molecule has 0 saturated carbocycles. The van der Waals surface area contributed by atoms with Crippen molar-refractivity contribution >= 4 is 55.6 Å². The van der Waals surface area contributed by atoms with Crippen LogP contribution in [0.1, 0.15) is 20.7 Å². The molecule has 0 radical (unpaired) electrons. The van der Waals surface area contributed by atoms with Gasteiger partial charge in [0, 0.05) is 0 Å². The van der Waals surface area contributed by atoms with Crippen molar-refractivity contribution in [1.29, 1.82) is 0 Å². The number of aromatic carboxylic acids is 2. The highest BCUT2D eigenvalue weighted by atomic mass is 33.1. The van der Waals surface area contributed by atoms with Gasteiger partial charge in [-0.25, -0.2) is 19.6 Å². The van der Waals surface area contributed by atoms with Crippen LogP contribution >= 0.6 is 21.6 Å². The Labute approximate surface area is 153 Å². The summed E-state index contributed by atoms with van der Waals surface area (Å²) in [6.45, 7) is 0. The van der Waals surface area contributed by atoms with Gasteiger partial charge in [0.1, 0.15) is 11.0 Å². The first-order chi connectivity index (χ1) is 12.5. The first-order valence-electron chi connectivity index (χ1n) is 7.31. The summed E-state index contributed by atoms with van der Waals surface area (Å²) in [5.41, 5.74) is 2.30. The van der Waals surface area contributed by atoms with E-state index >= 15 is 0 Å². The molecular formula is C16H10N4O4S2. The van der Waals surface area contributed by atoms with Crippen LogP contribution in [0.4, 0.5) is 0 Å². The number of carboxylic acid groups (broad SMARTS) is 2. The number of H-pyrrole nitrogens is 2. The van der Waals surface area contributed by atoms with Crippen molar-refractivity contribution in [2.24, 2.45) is 0 Å². The molecule has 26 heavy (non-hydrogen) atoms. The summed E-state index contributed by atoms with van der Waals surface area (Å²) in [6.07, 6.45) is 0. The molecule has 0 aliphatic rings. The maximum atomic E-state index is 11.3. The summed E-state index contributed by atoms with van der Waals surface area (Å²) in [5, 5.41) is 19.5. The molecule has 0 aliphatic carbocycles. The number of hydrogen-bond acceptors (Lipinski definition) is 6. The maximum absolute atomic E-state index is 11.3. The number of nitrogens with zero attached hydrogens (tertiary/aromatic N) is 2. The molecule has 0 bridgehead atoms. The number of imidazole rings is 2. The van der Waals surface area contributed by atoms with Crippen molar-refractivity contribution in [3.63, 3.8) is 0 Å². The summed E-state index contributed by atoms with van der Waals surface area (Å²) in [6, 6.07) is 9.81. The van der Waals surface area contributed by atoms with Crippen molar-refractivity contribution in [2.45, 2.75) is 10.3 Å².